The highest BCUT2D eigenvalue weighted by molar-refractivity contribution is 7.92. The average molecular weight is 588 g/mol. The van der Waals surface area contributed by atoms with E-state index in [0.29, 0.717) is 10.4 Å². The summed E-state index contributed by atoms with van der Waals surface area (Å²) in [5, 5.41) is 3.01. The van der Waals surface area contributed by atoms with Gasteiger partial charge in [-0.1, -0.05) is 61.4 Å². The molecule has 7 nitrogen and oxygen atoms in total. The summed E-state index contributed by atoms with van der Waals surface area (Å²) < 4.78 is 68.5. The number of rotatable bonds is 11. The number of nitrogens with one attached hydrogen (secondary N) is 1. The van der Waals surface area contributed by atoms with Crippen LogP contribution in [0.25, 0.3) is 0 Å². The van der Waals surface area contributed by atoms with Crippen molar-refractivity contribution in [3.63, 3.8) is 0 Å². The van der Waals surface area contributed by atoms with Gasteiger partial charge in [-0.3, -0.25) is 13.9 Å². The van der Waals surface area contributed by atoms with Gasteiger partial charge in [-0.2, -0.15) is 0 Å². The first-order chi connectivity index (χ1) is 19.5. The molecule has 4 rings (SSSR count). The van der Waals surface area contributed by atoms with Crippen molar-refractivity contribution in [2.24, 2.45) is 0 Å². The van der Waals surface area contributed by atoms with Gasteiger partial charge in [0.05, 0.1) is 11.9 Å². The van der Waals surface area contributed by atoms with Crippen molar-refractivity contribution < 1.29 is 31.2 Å². The van der Waals surface area contributed by atoms with Gasteiger partial charge in [0, 0.05) is 30.6 Å². The van der Waals surface area contributed by atoms with E-state index in [1.165, 1.54) is 18.2 Å². The van der Waals surface area contributed by atoms with Crippen LogP contribution in [0.3, 0.4) is 0 Å². The Morgan fingerprint density at radius 3 is 2.20 bits per heavy atom. The van der Waals surface area contributed by atoms with Crippen LogP contribution in [0.5, 0.6) is 0 Å². The predicted molar refractivity (Wildman–Crippen MR) is 150 cm³/mol. The van der Waals surface area contributed by atoms with Gasteiger partial charge in [0.25, 0.3) is 0 Å². The van der Waals surface area contributed by atoms with Crippen LogP contribution < -0.4 is 9.62 Å². The maximum atomic E-state index is 14.8. The lowest BCUT2D eigenvalue weighted by Gasteiger charge is -2.34. The third kappa shape index (κ3) is 7.87. The third-order valence-corrected chi connectivity index (χ3v) is 8.28. The highest BCUT2D eigenvalue weighted by Gasteiger charge is 2.34. The molecule has 41 heavy (non-hydrogen) atoms. The monoisotopic (exact) mass is 587 g/mol. The molecule has 0 bridgehead atoms. The first kappa shape index (κ1) is 30.1. The Hall–Kier alpha value is -3.86. The van der Waals surface area contributed by atoms with Crippen molar-refractivity contribution in [2.45, 2.75) is 50.7 Å². The Kier molecular flexibility index (Phi) is 9.69. The number of amides is 2. The summed E-state index contributed by atoms with van der Waals surface area (Å²) in [7, 11) is -4.16. The highest BCUT2D eigenvalue weighted by atomic mass is 32.2. The van der Waals surface area contributed by atoms with E-state index in [-0.39, 0.29) is 30.3 Å². The quantitative estimate of drug-likeness (QED) is 0.356. The molecule has 1 N–H and O–H groups in total. The minimum absolute atomic E-state index is 0.0686. The number of benzene rings is 3. The number of hydrogen-bond acceptors (Lipinski definition) is 4. The first-order valence-corrected chi connectivity index (χ1v) is 15.2. The zero-order chi connectivity index (χ0) is 29.6. The zero-order valence-electron chi connectivity index (χ0n) is 22.6. The molecule has 1 saturated carbocycles. The van der Waals surface area contributed by atoms with Gasteiger partial charge in [-0.25, -0.2) is 21.6 Å². The van der Waals surface area contributed by atoms with E-state index in [2.05, 4.69) is 5.32 Å². The highest BCUT2D eigenvalue weighted by Crippen LogP contribution is 2.24. The van der Waals surface area contributed by atoms with Crippen LogP contribution in [-0.2, 0) is 32.6 Å². The van der Waals surface area contributed by atoms with Crippen LogP contribution >= 0.6 is 0 Å². The Labute approximate surface area is 238 Å². The molecule has 0 radical (unpaired) electrons. The predicted octanol–water partition coefficient (Wildman–Crippen LogP) is 4.57. The fourth-order valence-electron chi connectivity index (χ4n) is 4.99. The average Bonchev–Trinajstić information content (AvgIpc) is 3.44. The maximum absolute atomic E-state index is 14.8. The third-order valence-electron chi connectivity index (χ3n) is 7.14. The molecule has 0 saturated heterocycles. The summed E-state index contributed by atoms with van der Waals surface area (Å²) in [4.78, 5) is 28.9. The number of sulfonamides is 1. The smallest absolute Gasteiger partial charge is 0.244 e. The maximum Gasteiger partial charge on any atom is 0.244 e. The van der Waals surface area contributed by atoms with Gasteiger partial charge >= 0.3 is 0 Å². The minimum atomic E-state index is -4.16. The second-order valence-corrected chi connectivity index (χ2v) is 12.1. The number of halogens is 3. The summed E-state index contributed by atoms with van der Waals surface area (Å²) in [6.07, 6.45) is 4.43. The number of nitrogens with zero attached hydrogens (tertiary/aromatic N) is 2. The molecule has 1 unspecified atom stereocenters. The van der Waals surface area contributed by atoms with E-state index in [4.69, 9.17) is 0 Å². The van der Waals surface area contributed by atoms with Crippen LogP contribution in [0.1, 0.15) is 36.8 Å². The number of carbonyl (C=O) groups is 2. The zero-order valence-corrected chi connectivity index (χ0v) is 23.4. The van der Waals surface area contributed by atoms with Gasteiger partial charge in [-0.05, 0) is 36.6 Å². The second-order valence-electron chi connectivity index (χ2n) is 10.2. The van der Waals surface area contributed by atoms with Crippen LogP contribution in [0.2, 0.25) is 0 Å². The minimum Gasteiger partial charge on any atom is -0.352 e. The van der Waals surface area contributed by atoms with E-state index >= 15 is 0 Å². The van der Waals surface area contributed by atoms with Gasteiger partial charge in [0.15, 0.2) is 11.6 Å². The lowest BCUT2D eigenvalue weighted by molar-refractivity contribution is -0.140. The van der Waals surface area contributed by atoms with Crippen LogP contribution in [0.4, 0.5) is 18.9 Å². The molecule has 11 heteroatoms. The Morgan fingerprint density at radius 1 is 0.902 bits per heavy atom. The molecule has 3 aromatic carbocycles. The molecular weight excluding hydrogens is 555 g/mol. The van der Waals surface area contributed by atoms with Crippen molar-refractivity contribution in [1.82, 2.24) is 10.2 Å². The number of hydrogen-bond donors (Lipinski definition) is 1. The van der Waals surface area contributed by atoms with E-state index < -0.39 is 51.9 Å². The molecule has 1 aliphatic rings. The van der Waals surface area contributed by atoms with Gasteiger partial charge in [0.1, 0.15) is 18.4 Å². The van der Waals surface area contributed by atoms with Crippen molar-refractivity contribution in [3.05, 3.63) is 101 Å². The summed E-state index contributed by atoms with van der Waals surface area (Å²) in [6, 6.07) is 16.1. The number of carbonyl (C=O) groups excluding carboxylic acids is 2. The van der Waals surface area contributed by atoms with Crippen LogP contribution in [-0.4, -0.2) is 50.0 Å². The SMILES string of the molecule is CS(=O)(=O)N(CC(=O)N(Cc1ccccc1F)C(Cc1ccccc1)C(=O)NC1CCCC1)c1ccc(F)c(F)c1. The van der Waals surface area contributed by atoms with Crippen molar-refractivity contribution in [1.29, 1.82) is 0 Å². The molecular formula is C30H32F3N3O4S. The second kappa shape index (κ2) is 13.2. The fourth-order valence-corrected chi connectivity index (χ4v) is 5.83. The van der Waals surface area contributed by atoms with Crippen molar-refractivity contribution in [2.75, 3.05) is 17.1 Å². The van der Waals surface area contributed by atoms with E-state index in [9.17, 15) is 31.2 Å². The van der Waals surface area contributed by atoms with Crippen molar-refractivity contribution in [3.8, 4) is 0 Å². The van der Waals surface area contributed by atoms with E-state index in [0.717, 1.165) is 54.5 Å². The summed E-state index contributed by atoms with van der Waals surface area (Å²) in [6.45, 7) is -1.14. The summed E-state index contributed by atoms with van der Waals surface area (Å²) in [5.74, 6) is -4.32. The molecule has 1 fully saturated rings. The standard InChI is InChI=1S/C30H32F3N3O4S/c1-41(39,40)36(24-15-16-26(32)27(33)18-24)20-29(37)35(19-22-11-5-8-14-25(22)31)28(17-21-9-3-2-4-10-21)30(38)34-23-12-6-7-13-23/h2-5,8-11,14-16,18,23,28H,6-7,12-13,17,19-20H2,1H3,(H,34,38). The van der Waals surface area contributed by atoms with Gasteiger partial charge in [-0.15, -0.1) is 0 Å². The molecule has 0 spiro atoms. The van der Waals surface area contributed by atoms with Crippen LogP contribution in [0, 0.1) is 17.5 Å². The Balaban J connectivity index is 1.74. The lowest BCUT2D eigenvalue weighted by Crippen LogP contribution is -2.54. The van der Waals surface area contributed by atoms with E-state index in [1.54, 1.807) is 30.3 Å². The topological polar surface area (TPSA) is 86.8 Å². The van der Waals surface area contributed by atoms with Gasteiger partial charge < -0.3 is 10.2 Å². The molecule has 0 heterocycles. The summed E-state index contributed by atoms with van der Waals surface area (Å²) in [5.41, 5.74) is 0.609. The molecule has 1 aliphatic carbocycles. The lowest BCUT2D eigenvalue weighted by atomic mass is 10.0. The normalized spacial score (nSPS) is 14.4. The molecule has 2 amide bonds. The number of anilines is 1. The van der Waals surface area contributed by atoms with Gasteiger partial charge in [0.2, 0.25) is 21.8 Å². The Bertz CT molecular complexity index is 1480. The summed E-state index contributed by atoms with van der Waals surface area (Å²) >= 11 is 0. The van der Waals surface area contributed by atoms with Crippen molar-refractivity contribution >= 4 is 27.5 Å². The van der Waals surface area contributed by atoms with Crippen LogP contribution in [0.15, 0.2) is 72.8 Å². The molecule has 0 aliphatic heterocycles. The fraction of sp³-hybridized carbons (Fsp3) is 0.333. The van der Waals surface area contributed by atoms with E-state index in [1.807, 2.05) is 6.07 Å². The first-order valence-electron chi connectivity index (χ1n) is 13.3. The molecule has 1 atom stereocenters. The molecule has 0 aromatic heterocycles. The molecule has 218 valence electrons. The molecule has 3 aromatic rings. The Morgan fingerprint density at radius 2 is 1.56 bits per heavy atom. The largest absolute Gasteiger partial charge is 0.352 e.